The van der Waals surface area contributed by atoms with Crippen molar-refractivity contribution in [1.29, 1.82) is 0 Å². The van der Waals surface area contributed by atoms with Crippen molar-refractivity contribution in [2.75, 3.05) is 12.4 Å². The van der Waals surface area contributed by atoms with Crippen LogP contribution in [0.25, 0.3) is 0 Å². The van der Waals surface area contributed by atoms with Crippen LogP contribution in [0.5, 0.6) is 5.75 Å². The molecule has 1 rings (SSSR count). The van der Waals surface area contributed by atoms with Crippen molar-refractivity contribution < 1.29 is 14.6 Å². The van der Waals surface area contributed by atoms with Crippen molar-refractivity contribution >= 4 is 27.6 Å². The van der Waals surface area contributed by atoms with Crippen molar-refractivity contribution in [3.05, 3.63) is 22.7 Å². The van der Waals surface area contributed by atoms with Gasteiger partial charge in [0.05, 0.1) is 11.6 Å². The predicted octanol–water partition coefficient (Wildman–Crippen LogP) is 2.73. The Hall–Kier alpha value is -1.23. The summed E-state index contributed by atoms with van der Waals surface area (Å²) in [5, 5.41) is 11.9. The highest BCUT2D eigenvalue weighted by molar-refractivity contribution is 9.10. The number of benzene rings is 1. The third-order valence-corrected chi connectivity index (χ3v) is 2.76. The summed E-state index contributed by atoms with van der Waals surface area (Å²) in [4.78, 5) is 10.9. The van der Waals surface area contributed by atoms with Crippen molar-refractivity contribution in [3.8, 4) is 5.75 Å². The minimum absolute atomic E-state index is 0.707. The van der Waals surface area contributed by atoms with E-state index in [-0.39, 0.29) is 0 Å². The van der Waals surface area contributed by atoms with Gasteiger partial charge in [-0.25, -0.2) is 4.79 Å². The van der Waals surface area contributed by atoms with Gasteiger partial charge < -0.3 is 15.2 Å². The van der Waals surface area contributed by atoms with Gasteiger partial charge in [-0.3, -0.25) is 0 Å². The van der Waals surface area contributed by atoms with Crippen LogP contribution in [-0.4, -0.2) is 23.7 Å². The normalized spacial score (nSPS) is 11.0. The quantitative estimate of drug-likeness (QED) is 0.894. The van der Waals surface area contributed by atoms with Crippen LogP contribution in [0.3, 0.4) is 0 Å². The average molecular weight is 288 g/mol. The van der Waals surface area contributed by atoms with Gasteiger partial charge in [-0.05, 0) is 48.0 Å². The summed E-state index contributed by atoms with van der Waals surface area (Å²) < 4.78 is 5.87. The van der Waals surface area contributed by atoms with Crippen molar-refractivity contribution in [1.82, 2.24) is 0 Å². The number of anilines is 1. The summed E-state index contributed by atoms with van der Waals surface area (Å²) in [5.74, 6) is -0.196. The first-order valence-electron chi connectivity index (χ1n) is 4.72. The number of nitrogens with one attached hydrogen (secondary N) is 1. The average Bonchev–Trinajstić information content (AvgIpc) is 2.17. The van der Waals surface area contributed by atoms with E-state index in [0.29, 0.717) is 5.75 Å². The lowest BCUT2D eigenvalue weighted by Gasteiger charge is -2.22. The first-order valence-corrected chi connectivity index (χ1v) is 5.51. The molecule has 1 aromatic rings. The molecule has 0 bridgehead atoms. The Labute approximate surface area is 103 Å². The summed E-state index contributed by atoms with van der Waals surface area (Å²) in [5.41, 5.74) is -0.284. The van der Waals surface area contributed by atoms with Crippen molar-refractivity contribution in [3.63, 3.8) is 0 Å². The van der Waals surface area contributed by atoms with Gasteiger partial charge in [-0.1, -0.05) is 0 Å². The van der Waals surface area contributed by atoms with E-state index in [4.69, 9.17) is 9.84 Å². The largest absolute Gasteiger partial charge is 0.496 e. The third-order valence-electron chi connectivity index (χ3n) is 2.14. The summed E-state index contributed by atoms with van der Waals surface area (Å²) >= 11 is 3.34. The number of carboxylic acids is 1. The lowest BCUT2D eigenvalue weighted by atomic mass is 10.1. The van der Waals surface area contributed by atoms with Gasteiger partial charge in [-0.2, -0.15) is 0 Å². The summed E-state index contributed by atoms with van der Waals surface area (Å²) in [6, 6.07) is 5.32. The molecule has 88 valence electrons. The summed E-state index contributed by atoms with van der Waals surface area (Å²) in [6.07, 6.45) is 0. The van der Waals surface area contributed by atoms with Crippen LogP contribution in [0.1, 0.15) is 13.8 Å². The number of hydrogen-bond acceptors (Lipinski definition) is 3. The zero-order chi connectivity index (χ0) is 12.3. The van der Waals surface area contributed by atoms with E-state index >= 15 is 0 Å². The standard InChI is InChI=1S/C11H14BrNO3/c1-11(2,10(14)15)13-7-4-5-9(16-3)8(12)6-7/h4-6,13H,1-3H3,(H,14,15). The molecule has 0 radical (unpaired) electrons. The number of aliphatic carboxylic acids is 1. The number of halogens is 1. The molecule has 2 N–H and O–H groups in total. The molecule has 16 heavy (non-hydrogen) atoms. The SMILES string of the molecule is COc1ccc(NC(C)(C)C(=O)O)cc1Br. The maximum Gasteiger partial charge on any atom is 0.328 e. The van der Waals surface area contributed by atoms with E-state index in [9.17, 15) is 4.79 Å². The molecule has 0 saturated heterocycles. The lowest BCUT2D eigenvalue weighted by Crippen LogP contribution is -2.39. The molecule has 0 heterocycles. The number of hydrogen-bond donors (Lipinski definition) is 2. The van der Waals surface area contributed by atoms with Gasteiger partial charge in [0, 0.05) is 5.69 Å². The summed E-state index contributed by atoms with van der Waals surface area (Å²) in [6.45, 7) is 3.21. The van der Waals surface area contributed by atoms with E-state index in [1.165, 1.54) is 0 Å². The molecule has 0 aliphatic rings. The molecule has 0 aromatic heterocycles. The maximum atomic E-state index is 10.9. The number of methoxy groups -OCH3 is 1. The van der Waals surface area contributed by atoms with E-state index < -0.39 is 11.5 Å². The predicted molar refractivity (Wildman–Crippen MR) is 66.0 cm³/mol. The minimum atomic E-state index is -1.01. The highest BCUT2D eigenvalue weighted by Gasteiger charge is 2.26. The molecular weight excluding hydrogens is 274 g/mol. The Balaban J connectivity index is 2.91. The number of carboxylic acid groups (broad SMARTS) is 1. The van der Waals surface area contributed by atoms with Crippen LogP contribution in [0.4, 0.5) is 5.69 Å². The van der Waals surface area contributed by atoms with Gasteiger partial charge in [-0.15, -0.1) is 0 Å². The smallest absolute Gasteiger partial charge is 0.328 e. The Morgan fingerprint density at radius 3 is 2.56 bits per heavy atom. The van der Waals surface area contributed by atoms with Gasteiger partial charge in [0.15, 0.2) is 0 Å². The zero-order valence-electron chi connectivity index (χ0n) is 9.37. The van der Waals surface area contributed by atoms with E-state index in [1.54, 1.807) is 39.2 Å². The molecule has 1 aromatic carbocycles. The molecule has 4 nitrogen and oxygen atoms in total. The van der Waals surface area contributed by atoms with Gasteiger partial charge in [0.25, 0.3) is 0 Å². The summed E-state index contributed by atoms with van der Waals surface area (Å²) in [7, 11) is 1.58. The molecule has 0 saturated carbocycles. The second-order valence-corrected chi connectivity index (χ2v) is 4.76. The van der Waals surface area contributed by atoms with Crippen molar-refractivity contribution in [2.24, 2.45) is 0 Å². The Morgan fingerprint density at radius 1 is 1.50 bits per heavy atom. The fourth-order valence-corrected chi connectivity index (χ4v) is 1.70. The van der Waals surface area contributed by atoms with E-state index in [1.807, 2.05) is 0 Å². The second-order valence-electron chi connectivity index (χ2n) is 3.90. The fraction of sp³-hybridized carbons (Fsp3) is 0.364. The Bertz CT molecular complexity index is 404. The molecule has 0 atom stereocenters. The first-order chi connectivity index (χ1) is 7.36. The van der Waals surface area contributed by atoms with Crippen LogP contribution < -0.4 is 10.1 Å². The molecule has 0 spiro atoms. The van der Waals surface area contributed by atoms with E-state index in [2.05, 4.69) is 21.2 Å². The van der Waals surface area contributed by atoms with Crippen LogP contribution in [-0.2, 0) is 4.79 Å². The van der Waals surface area contributed by atoms with Crippen LogP contribution in [0.2, 0.25) is 0 Å². The number of rotatable bonds is 4. The maximum absolute atomic E-state index is 10.9. The van der Waals surface area contributed by atoms with Gasteiger partial charge in [0.1, 0.15) is 11.3 Å². The molecule has 0 amide bonds. The van der Waals surface area contributed by atoms with E-state index in [0.717, 1.165) is 10.2 Å². The second kappa shape index (κ2) is 4.74. The topological polar surface area (TPSA) is 58.6 Å². The first kappa shape index (κ1) is 12.8. The highest BCUT2D eigenvalue weighted by Crippen LogP contribution is 2.28. The van der Waals surface area contributed by atoms with Crippen LogP contribution in [0.15, 0.2) is 22.7 Å². The lowest BCUT2D eigenvalue weighted by molar-refractivity contribution is -0.141. The zero-order valence-corrected chi connectivity index (χ0v) is 11.0. The van der Waals surface area contributed by atoms with Crippen molar-refractivity contribution in [2.45, 2.75) is 19.4 Å². The van der Waals surface area contributed by atoms with Gasteiger partial charge >= 0.3 is 5.97 Å². The molecule has 0 aliphatic carbocycles. The number of ether oxygens (including phenoxy) is 1. The van der Waals surface area contributed by atoms with Gasteiger partial charge in [0.2, 0.25) is 0 Å². The molecule has 5 heteroatoms. The van der Waals surface area contributed by atoms with Crippen LogP contribution >= 0.6 is 15.9 Å². The third kappa shape index (κ3) is 2.88. The minimum Gasteiger partial charge on any atom is -0.496 e. The molecule has 0 fully saturated rings. The highest BCUT2D eigenvalue weighted by atomic mass is 79.9. The Kier molecular flexibility index (Phi) is 3.80. The molecule has 0 unspecified atom stereocenters. The van der Waals surface area contributed by atoms with Crippen LogP contribution in [0, 0.1) is 0 Å². The molecule has 0 aliphatic heterocycles. The molecular formula is C11H14BrNO3. The Morgan fingerprint density at radius 2 is 2.12 bits per heavy atom. The number of carbonyl (C=O) groups is 1. The fourth-order valence-electron chi connectivity index (χ4n) is 1.16. The monoisotopic (exact) mass is 287 g/mol.